The van der Waals surface area contributed by atoms with Gasteiger partial charge in [-0.25, -0.2) is 4.98 Å². The first-order valence-corrected chi connectivity index (χ1v) is 9.46. The predicted octanol–water partition coefficient (Wildman–Crippen LogP) is 3.22. The van der Waals surface area contributed by atoms with Gasteiger partial charge in [0.05, 0.1) is 18.9 Å². The van der Waals surface area contributed by atoms with Crippen molar-refractivity contribution in [3.63, 3.8) is 0 Å². The lowest BCUT2D eigenvalue weighted by Crippen LogP contribution is -2.39. The molecule has 158 valence electrons. The summed E-state index contributed by atoms with van der Waals surface area (Å²) in [5.41, 5.74) is 1.00. The molecule has 0 amide bonds. The number of benzene rings is 1. The van der Waals surface area contributed by atoms with Crippen LogP contribution in [-0.2, 0) is 4.74 Å². The number of hydrogen-bond acceptors (Lipinski definition) is 7. The summed E-state index contributed by atoms with van der Waals surface area (Å²) in [5.74, 6) is 0.711. The van der Waals surface area contributed by atoms with E-state index in [-0.39, 0.29) is 5.75 Å². The number of halogens is 3. The van der Waals surface area contributed by atoms with E-state index in [1.807, 2.05) is 6.92 Å². The van der Waals surface area contributed by atoms with E-state index in [1.165, 1.54) is 18.2 Å². The van der Waals surface area contributed by atoms with Gasteiger partial charge in [0.15, 0.2) is 0 Å². The predicted molar refractivity (Wildman–Crippen MR) is 104 cm³/mol. The van der Waals surface area contributed by atoms with Crippen molar-refractivity contribution in [2.24, 2.45) is 0 Å². The summed E-state index contributed by atoms with van der Waals surface area (Å²) in [7, 11) is 0. The van der Waals surface area contributed by atoms with E-state index < -0.39 is 6.36 Å². The highest BCUT2D eigenvalue weighted by Gasteiger charge is 2.31. The quantitative estimate of drug-likeness (QED) is 0.691. The minimum absolute atomic E-state index is 0.291. The second-order valence-electron chi connectivity index (χ2n) is 6.45. The summed E-state index contributed by atoms with van der Waals surface area (Å²) in [4.78, 5) is 11.1. The second-order valence-corrected chi connectivity index (χ2v) is 6.45. The normalized spacial score (nSPS) is 15.2. The Labute approximate surface area is 167 Å². The van der Waals surface area contributed by atoms with Gasteiger partial charge in [-0.1, -0.05) is 12.1 Å². The largest absolute Gasteiger partial charge is 0.573 e. The van der Waals surface area contributed by atoms with Crippen LogP contribution in [0.25, 0.3) is 11.3 Å². The standard InChI is InChI=1S/C19H24F3N5O2/c1-2-23-18-25-16(14-4-3-5-15(12-14)29-19(20,21)22)13-17(26-18)24-6-7-27-8-10-28-11-9-27/h3-5,12-13H,2,6-11H2,1H3,(H2,23,24,25,26). The Morgan fingerprint density at radius 2 is 1.93 bits per heavy atom. The maximum absolute atomic E-state index is 12.5. The molecule has 0 atom stereocenters. The number of alkyl halides is 3. The molecule has 0 radical (unpaired) electrons. The fraction of sp³-hybridized carbons (Fsp3) is 0.474. The molecular formula is C19H24F3N5O2. The smallest absolute Gasteiger partial charge is 0.406 e. The molecule has 2 heterocycles. The fourth-order valence-electron chi connectivity index (χ4n) is 2.94. The molecule has 0 bridgehead atoms. The van der Waals surface area contributed by atoms with E-state index in [0.717, 1.165) is 32.8 Å². The molecule has 7 nitrogen and oxygen atoms in total. The van der Waals surface area contributed by atoms with E-state index in [2.05, 4.69) is 30.2 Å². The molecule has 0 unspecified atom stereocenters. The van der Waals surface area contributed by atoms with Crippen LogP contribution in [-0.4, -0.2) is 67.2 Å². The van der Waals surface area contributed by atoms with Gasteiger partial charge in [0.2, 0.25) is 5.95 Å². The number of morpholine rings is 1. The maximum atomic E-state index is 12.5. The van der Waals surface area contributed by atoms with E-state index in [0.29, 0.717) is 36.1 Å². The molecule has 1 aliphatic heterocycles. The number of rotatable bonds is 8. The van der Waals surface area contributed by atoms with Crippen LogP contribution in [0.1, 0.15) is 6.92 Å². The molecule has 0 saturated carbocycles. The van der Waals surface area contributed by atoms with Crippen LogP contribution in [0.4, 0.5) is 24.9 Å². The average Bonchev–Trinajstić information content (AvgIpc) is 2.68. The number of aromatic nitrogens is 2. The molecule has 0 aliphatic carbocycles. The SMILES string of the molecule is CCNc1nc(NCCN2CCOCC2)cc(-c2cccc(OC(F)(F)F)c2)n1. The zero-order chi connectivity index (χ0) is 20.7. The summed E-state index contributed by atoms with van der Waals surface area (Å²) < 4.78 is 46.9. The topological polar surface area (TPSA) is 71.5 Å². The molecule has 1 aromatic heterocycles. The van der Waals surface area contributed by atoms with Crippen LogP contribution in [0.15, 0.2) is 30.3 Å². The Balaban J connectivity index is 1.74. The van der Waals surface area contributed by atoms with Crippen molar-refractivity contribution in [2.75, 3.05) is 56.6 Å². The lowest BCUT2D eigenvalue weighted by Gasteiger charge is -2.26. The average molecular weight is 411 g/mol. The van der Waals surface area contributed by atoms with Gasteiger partial charge in [-0.15, -0.1) is 13.2 Å². The molecule has 1 fully saturated rings. The maximum Gasteiger partial charge on any atom is 0.573 e. The first kappa shape index (κ1) is 21.1. The monoisotopic (exact) mass is 411 g/mol. The zero-order valence-corrected chi connectivity index (χ0v) is 16.1. The highest BCUT2D eigenvalue weighted by molar-refractivity contribution is 5.65. The zero-order valence-electron chi connectivity index (χ0n) is 16.1. The Kier molecular flexibility index (Phi) is 7.10. The third kappa shape index (κ3) is 6.75. The van der Waals surface area contributed by atoms with E-state index >= 15 is 0 Å². The minimum atomic E-state index is -4.74. The Morgan fingerprint density at radius 3 is 2.66 bits per heavy atom. The van der Waals surface area contributed by atoms with Crippen LogP contribution in [0.3, 0.4) is 0 Å². The van der Waals surface area contributed by atoms with Gasteiger partial charge in [0, 0.05) is 44.4 Å². The van der Waals surface area contributed by atoms with Crippen LogP contribution in [0.2, 0.25) is 0 Å². The molecule has 2 aromatic rings. The van der Waals surface area contributed by atoms with Crippen molar-refractivity contribution in [1.82, 2.24) is 14.9 Å². The van der Waals surface area contributed by atoms with E-state index in [1.54, 1.807) is 12.1 Å². The summed E-state index contributed by atoms with van der Waals surface area (Å²) >= 11 is 0. The minimum Gasteiger partial charge on any atom is -0.406 e. The first-order valence-electron chi connectivity index (χ1n) is 9.46. The molecule has 1 aliphatic rings. The Bertz CT molecular complexity index is 798. The molecule has 2 N–H and O–H groups in total. The van der Waals surface area contributed by atoms with Gasteiger partial charge in [-0.05, 0) is 19.1 Å². The van der Waals surface area contributed by atoms with Gasteiger partial charge in [-0.2, -0.15) is 4.98 Å². The van der Waals surface area contributed by atoms with E-state index in [4.69, 9.17) is 4.74 Å². The molecule has 29 heavy (non-hydrogen) atoms. The molecule has 10 heteroatoms. The number of nitrogens with one attached hydrogen (secondary N) is 2. The van der Waals surface area contributed by atoms with Crippen LogP contribution >= 0.6 is 0 Å². The highest BCUT2D eigenvalue weighted by Crippen LogP contribution is 2.28. The molecular weight excluding hydrogens is 387 g/mol. The third-order valence-corrected chi connectivity index (χ3v) is 4.26. The van der Waals surface area contributed by atoms with Crippen molar-refractivity contribution in [2.45, 2.75) is 13.3 Å². The molecule has 3 rings (SSSR count). The van der Waals surface area contributed by atoms with Crippen molar-refractivity contribution < 1.29 is 22.6 Å². The van der Waals surface area contributed by atoms with Crippen molar-refractivity contribution in [1.29, 1.82) is 0 Å². The second kappa shape index (κ2) is 9.75. The number of nitrogens with zero attached hydrogens (tertiary/aromatic N) is 3. The number of anilines is 2. The lowest BCUT2D eigenvalue weighted by molar-refractivity contribution is -0.274. The van der Waals surface area contributed by atoms with Gasteiger partial charge in [0.1, 0.15) is 11.6 Å². The molecule has 0 spiro atoms. The van der Waals surface area contributed by atoms with Crippen molar-refractivity contribution in [3.05, 3.63) is 30.3 Å². The Morgan fingerprint density at radius 1 is 1.14 bits per heavy atom. The summed E-state index contributed by atoms with van der Waals surface area (Å²) in [5, 5.41) is 6.32. The third-order valence-electron chi connectivity index (χ3n) is 4.26. The number of hydrogen-bond donors (Lipinski definition) is 2. The first-order chi connectivity index (χ1) is 13.9. The van der Waals surface area contributed by atoms with Gasteiger partial charge in [0.25, 0.3) is 0 Å². The lowest BCUT2D eigenvalue weighted by atomic mass is 10.1. The molecule has 1 saturated heterocycles. The van der Waals surface area contributed by atoms with E-state index in [9.17, 15) is 13.2 Å². The van der Waals surface area contributed by atoms with Crippen LogP contribution in [0.5, 0.6) is 5.75 Å². The summed E-state index contributed by atoms with van der Waals surface area (Å²) in [6.45, 7) is 7.31. The summed E-state index contributed by atoms with van der Waals surface area (Å²) in [6.07, 6.45) is -4.74. The van der Waals surface area contributed by atoms with Crippen molar-refractivity contribution >= 4 is 11.8 Å². The molecule has 1 aromatic carbocycles. The van der Waals surface area contributed by atoms with Gasteiger partial charge >= 0.3 is 6.36 Å². The fourth-order valence-corrected chi connectivity index (χ4v) is 2.94. The van der Waals surface area contributed by atoms with Crippen LogP contribution < -0.4 is 15.4 Å². The van der Waals surface area contributed by atoms with Gasteiger partial charge < -0.3 is 20.1 Å². The van der Waals surface area contributed by atoms with Gasteiger partial charge in [-0.3, -0.25) is 4.90 Å². The Hall–Kier alpha value is -2.59. The number of ether oxygens (including phenoxy) is 2. The van der Waals surface area contributed by atoms with Crippen LogP contribution in [0, 0.1) is 0 Å². The van der Waals surface area contributed by atoms with Crippen molar-refractivity contribution in [3.8, 4) is 17.0 Å². The highest BCUT2D eigenvalue weighted by atomic mass is 19.4. The summed E-state index contributed by atoms with van der Waals surface area (Å²) in [6, 6.07) is 7.45.